The molecule has 0 radical (unpaired) electrons. The maximum Gasteiger partial charge on any atom is 0.266 e. The molecular weight excluding hydrogens is 292 g/mol. The minimum Gasteiger partial charge on any atom is -0.397 e. The van der Waals surface area contributed by atoms with Crippen molar-refractivity contribution >= 4 is 28.9 Å². The summed E-state index contributed by atoms with van der Waals surface area (Å²) in [5.74, 6) is -0.230. The highest BCUT2D eigenvalue weighted by molar-refractivity contribution is 6.33. The molecule has 0 aliphatic rings. The molecule has 110 valence electrons. The van der Waals surface area contributed by atoms with E-state index in [-0.39, 0.29) is 24.4 Å². The van der Waals surface area contributed by atoms with E-state index in [2.05, 4.69) is 10.4 Å². The van der Waals surface area contributed by atoms with Gasteiger partial charge in [0.05, 0.1) is 22.9 Å². The van der Waals surface area contributed by atoms with Crippen molar-refractivity contribution in [1.82, 2.24) is 9.78 Å². The molecule has 0 aliphatic carbocycles. The van der Waals surface area contributed by atoms with Crippen LogP contribution < -0.4 is 16.6 Å². The molecule has 0 unspecified atom stereocenters. The lowest BCUT2D eigenvalue weighted by molar-refractivity contribution is -0.116. The molecule has 1 amide bonds. The molecule has 1 heterocycles. The minimum atomic E-state index is -0.232. The summed E-state index contributed by atoms with van der Waals surface area (Å²) in [5.41, 5.74) is 7.11. The third-order valence-corrected chi connectivity index (χ3v) is 3.17. The topological polar surface area (TPSA) is 90.0 Å². The molecule has 1 aromatic carbocycles. The van der Waals surface area contributed by atoms with Gasteiger partial charge in [-0.15, -0.1) is 0 Å². The maximum atomic E-state index is 11.9. The molecule has 0 fully saturated rings. The second kappa shape index (κ2) is 6.41. The number of nitrogens with zero attached hydrogens (tertiary/aromatic N) is 2. The van der Waals surface area contributed by atoms with Crippen molar-refractivity contribution in [3.8, 4) is 0 Å². The van der Waals surface area contributed by atoms with Gasteiger partial charge in [-0.05, 0) is 31.2 Å². The van der Waals surface area contributed by atoms with E-state index in [1.54, 1.807) is 31.2 Å². The summed E-state index contributed by atoms with van der Waals surface area (Å²) in [4.78, 5) is 23.4. The Bertz CT molecular complexity index is 727. The Morgan fingerprint density at radius 1 is 1.38 bits per heavy atom. The first kappa shape index (κ1) is 15.1. The molecule has 0 aliphatic heterocycles. The molecule has 2 aromatic rings. The van der Waals surface area contributed by atoms with Crippen LogP contribution >= 0.6 is 11.6 Å². The molecule has 6 nitrogen and oxygen atoms in total. The fourth-order valence-corrected chi connectivity index (χ4v) is 1.88. The van der Waals surface area contributed by atoms with Gasteiger partial charge >= 0.3 is 0 Å². The fraction of sp³-hybridized carbons (Fsp3) is 0.214. The first-order chi connectivity index (χ1) is 9.95. The van der Waals surface area contributed by atoms with Crippen LogP contribution in [0, 0.1) is 6.92 Å². The number of amides is 1. The number of nitrogen functional groups attached to an aromatic ring is 1. The van der Waals surface area contributed by atoms with Crippen molar-refractivity contribution in [2.45, 2.75) is 19.9 Å². The molecule has 1 aromatic heterocycles. The van der Waals surface area contributed by atoms with Gasteiger partial charge in [-0.1, -0.05) is 11.6 Å². The van der Waals surface area contributed by atoms with Crippen LogP contribution in [0.3, 0.4) is 0 Å². The van der Waals surface area contributed by atoms with Gasteiger partial charge in [0, 0.05) is 18.2 Å². The summed E-state index contributed by atoms with van der Waals surface area (Å²) >= 11 is 5.81. The molecule has 7 heteroatoms. The predicted molar refractivity (Wildman–Crippen MR) is 82.3 cm³/mol. The minimum absolute atomic E-state index is 0.138. The van der Waals surface area contributed by atoms with Gasteiger partial charge < -0.3 is 11.1 Å². The lowest BCUT2D eigenvalue weighted by atomic mass is 10.2. The summed E-state index contributed by atoms with van der Waals surface area (Å²) in [6.45, 7) is 2.00. The molecule has 0 saturated heterocycles. The van der Waals surface area contributed by atoms with Gasteiger partial charge in [-0.2, -0.15) is 5.10 Å². The molecular formula is C14H15ClN4O2. The summed E-state index contributed by atoms with van der Waals surface area (Å²) in [6.07, 6.45) is 0.138. The molecule has 0 bridgehead atoms. The van der Waals surface area contributed by atoms with E-state index >= 15 is 0 Å². The summed E-state index contributed by atoms with van der Waals surface area (Å²) in [5, 5.41) is 7.19. The zero-order valence-electron chi connectivity index (χ0n) is 11.5. The number of benzene rings is 1. The van der Waals surface area contributed by atoms with Crippen LogP contribution in [0.4, 0.5) is 11.4 Å². The fourth-order valence-electron chi connectivity index (χ4n) is 1.76. The van der Waals surface area contributed by atoms with Gasteiger partial charge in [-0.25, -0.2) is 4.68 Å². The number of aryl methyl sites for hydroxylation is 2. The maximum absolute atomic E-state index is 11.9. The zero-order chi connectivity index (χ0) is 15.4. The highest BCUT2D eigenvalue weighted by Gasteiger charge is 2.06. The number of hydrogen-bond donors (Lipinski definition) is 2. The number of nitrogens with one attached hydrogen (secondary N) is 1. The quantitative estimate of drug-likeness (QED) is 0.843. The Balaban J connectivity index is 1.97. The van der Waals surface area contributed by atoms with Crippen molar-refractivity contribution in [1.29, 1.82) is 0 Å². The number of anilines is 2. The molecule has 0 atom stereocenters. The second-order valence-corrected chi connectivity index (χ2v) is 4.98. The zero-order valence-corrected chi connectivity index (χ0v) is 12.2. The molecule has 0 saturated carbocycles. The number of nitrogens with two attached hydrogens (primary N) is 1. The number of carbonyl (C=O) groups is 1. The number of carbonyl (C=O) groups excluding carboxylic acids is 1. The first-order valence-electron chi connectivity index (χ1n) is 6.35. The van der Waals surface area contributed by atoms with Crippen LogP contribution in [0.15, 0.2) is 35.1 Å². The van der Waals surface area contributed by atoms with Crippen molar-refractivity contribution in [3.63, 3.8) is 0 Å². The average molecular weight is 307 g/mol. The normalized spacial score (nSPS) is 10.4. The van der Waals surface area contributed by atoms with E-state index in [9.17, 15) is 9.59 Å². The summed E-state index contributed by atoms with van der Waals surface area (Å²) in [6, 6.07) is 7.92. The van der Waals surface area contributed by atoms with Gasteiger partial charge in [0.2, 0.25) is 5.91 Å². The lowest BCUT2D eigenvalue weighted by Crippen LogP contribution is -2.25. The monoisotopic (exact) mass is 306 g/mol. The third kappa shape index (κ3) is 4.06. The van der Waals surface area contributed by atoms with Crippen molar-refractivity contribution in [2.24, 2.45) is 0 Å². The largest absolute Gasteiger partial charge is 0.397 e. The van der Waals surface area contributed by atoms with E-state index in [1.807, 2.05) is 0 Å². The van der Waals surface area contributed by atoms with E-state index in [1.165, 1.54) is 10.7 Å². The Kier molecular flexibility index (Phi) is 4.59. The van der Waals surface area contributed by atoms with E-state index < -0.39 is 0 Å². The SMILES string of the molecule is Cc1ccc(=O)n(CCC(=O)Nc2ccc(Cl)c(N)c2)n1. The average Bonchev–Trinajstić information content (AvgIpc) is 2.44. The van der Waals surface area contributed by atoms with E-state index in [4.69, 9.17) is 17.3 Å². The standard InChI is InChI=1S/C14H15ClN4O2/c1-9-2-5-14(21)19(18-9)7-6-13(20)17-10-3-4-11(15)12(16)8-10/h2-5,8H,6-7,16H2,1H3,(H,17,20). The second-order valence-electron chi connectivity index (χ2n) is 4.57. The Morgan fingerprint density at radius 3 is 2.86 bits per heavy atom. The van der Waals surface area contributed by atoms with Gasteiger partial charge in [-0.3, -0.25) is 9.59 Å². The van der Waals surface area contributed by atoms with Crippen LogP contribution in [0.25, 0.3) is 0 Å². The van der Waals surface area contributed by atoms with Gasteiger partial charge in [0.1, 0.15) is 0 Å². The number of rotatable bonds is 4. The van der Waals surface area contributed by atoms with Crippen molar-refractivity contribution < 1.29 is 4.79 Å². The van der Waals surface area contributed by atoms with Crippen LogP contribution in [-0.2, 0) is 11.3 Å². The van der Waals surface area contributed by atoms with E-state index in [0.717, 1.165) is 5.69 Å². The molecule has 3 N–H and O–H groups in total. The third-order valence-electron chi connectivity index (χ3n) is 2.83. The molecule has 21 heavy (non-hydrogen) atoms. The number of hydrogen-bond acceptors (Lipinski definition) is 4. The Hall–Kier alpha value is -2.34. The number of halogens is 1. The summed E-state index contributed by atoms with van der Waals surface area (Å²) < 4.78 is 1.27. The predicted octanol–water partition coefficient (Wildman–Crippen LogP) is 1.82. The lowest BCUT2D eigenvalue weighted by Gasteiger charge is -2.08. The van der Waals surface area contributed by atoms with E-state index in [0.29, 0.717) is 16.4 Å². The van der Waals surface area contributed by atoms with Gasteiger partial charge in [0.25, 0.3) is 5.56 Å². The van der Waals surface area contributed by atoms with Crippen molar-refractivity contribution in [3.05, 3.63) is 51.4 Å². The van der Waals surface area contributed by atoms with Crippen LogP contribution in [0.1, 0.15) is 12.1 Å². The number of aromatic nitrogens is 2. The van der Waals surface area contributed by atoms with Crippen LogP contribution in [0.2, 0.25) is 5.02 Å². The molecule has 2 rings (SSSR count). The van der Waals surface area contributed by atoms with Crippen molar-refractivity contribution in [2.75, 3.05) is 11.1 Å². The smallest absolute Gasteiger partial charge is 0.266 e. The Labute approximate surface area is 126 Å². The highest BCUT2D eigenvalue weighted by Crippen LogP contribution is 2.22. The molecule has 0 spiro atoms. The highest BCUT2D eigenvalue weighted by atomic mass is 35.5. The Morgan fingerprint density at radius 2 is 2.14 bits per heavy atom. The summed E-state index contributed by atoms with van der Waals surface area (Å²) in [7, 11) is 0. The van der Waals surface area contributed by atoms with Gasteiger partial charge in [0.15, 0.2) is 0 Å². The first-order valence-corrected chi connectivity index (χ1v) is 6.73. The van der Waals surface area contributed by atoms with Crippen LogP contribution in [-0.4, -0.2) is 15.7 Å². The van der Waals surface area contributed by atoms with Crippen LogP contribution in [0.5, 0.6) is 0 Å².